The van der Waals surface area contributed by atoms with E-state index in [0.717, 1.165) is 10.0 Å². The van der Waals surface area contributed by atoms with Gasteiger partial charge in [0.25, 0.3) is 0 Å². The molecule has 12 heavy (non-hydrogen) atoms. The van der Waals surface area contributed by atoms with Gasteiger partial charge in [0.15, 0.2) is 0 Å². The molecule has 0 aliphatic heterocycles. The highest BCUT2D eigenvalue weighted by Crippen LogP contribution is 2.12. The molecule has 0 heterocycles. The Bertz CT molecular complexity index is 147. The summed E-state index contributed by atoms with van der Waals surface area (Å²) in [5, 5.41) is 1.43. The first-order valence-corrected chi connectivity index (χ1v) is 4.96. The minimum absolute atomic E-state index is 0.717. The molecule has 0 radical (unpaired) electrons. The molecule has 0 bridgehead atoms. The third-order valence-electron chi connectivity index (χ3n) is 0.804. The van der Waals surface area contributed by atoms with Gasteiger partial charge in [-0.3, -0.25) is 0 Å². The van der Waals surface area contributed by atoms with Crippen LogP contribution in [0.1, 0.15) is 27.7 Å². The lowest BCUT2D eigenvalue weighted by atomic mass is 10.4. The number of rotatable bonds is 0. The lowest BCUT2D eigenvalue weighted by molar-refractivity contribution is 1.50. The Labute approximate surface area is 85.5 Å². The number of hydrogen-bond acceptors (Lipinski definition) is 0. The van der Waals surface area contributed by atoms with Gasteiger partial charge in [-0.05, 0) is 24.3 Å². The maximum absolute atomic E-state index is 5.55. The summed E-state index contributed by atoms with van der Waals surface area (Å²) < 4.78 is 0. The molecule has 1 aromatic rings. The predicted molar refractivity (Wildman–Crippen MR) is 59.2 cm³/mol. The van der Waals surface area contributed by atoms with Gasteiger partial charge in [-0.15, -0.1) is 0 Å². The number of benzene rings is 1. The molecule has 0 aromatic heterocycles. The van der Waals surface area contributed by atoms with Crippen molar-refractivity contribution in [1.29, 1.82) is 0 Å². The van der Waals surface area contributed by atoms with Crippen LogP contribution in [0.2, 0.25) is 10.0 Å². The minimum Gasteiger partial charge on any atom is -0.0843 e. The van der Waals surface area contributed by atoms with Crippen LogP contribution in [0.25, 0.3) is 0 Å². The lowest BCUT2D eigenvalue weighted by Gasteiger charge is -1.86. The molecular formula is C10H16Cl2. The van der Waals surface area contributed by atoms with Crippen molar-refractivity contribution in [1.82, 2.24) is 0 Å². The Morgan fingerprint density at radius 2 is 0.833 bits per heavy atom. The fraction of sp³-hybridized carbons (Fsp3) is 0.400. The first-order valence-electron chi connectivity index (χ1n) is 4.20. The predicted octanol–water partition coefficient (Wildman–Crippen LogP) is 5.05. The molecule has 0 saturated heterocycles. The molecular weight excluding hydrogens is 191 g/mol. The SMILES string of the molecule is CC.CC.Clc1ccc(Cl)cc1. The van der Waals surface area contributed by atoms with E-state index in [2.05, 4.69) is 0 Å². The van der Waals surface area contributed by atoms with E-state index >= 15 is 0 Å². The van der Waals surface area contributed by atoms with E-state index in [9.17, 15) is 0 Å². The van der Waals surface area contributed by atoms with Crippen molar-refractivity contribution >= 4 is 23.2 Å². The molecule has 0 spiro atoms. The summed E-state index contributed by atoms with van der Waals surface area (Å²) >= 11 is 11.1. The lowest BCUT2D eigenvalue weighted by Crippen LogP contribution is -1.60. The van der Waals surface area contributed by atoms with E-state index in [1.54, 1.807) is 24.3 Å². The first kappa shape index (κ1) is 14.3. The molecule has 1 aromatic carbocycles. The fourth-order valence-electron chi connectivity index (χ4n) is 0.430. The summed E-state index contributed by atoms with van der Waals surface area (Å²) in [4.78, 5) is 0. The quantitative estimate of drug-likeness (QED) is 0.558. The Morgan fingerprint density at radius 3 is 1.00 bits per heavy atom. The van der Waals surface area contributed by atoms with Crippen LogP contribution in [0, 0.1) is 0 Å². The van der Waals surface area contributed by atoms with Crippen LogP contribution in [0.5, 0.6) is 0 Å². The van der Waals surface area contributed by atoms with Crippen LogP contribution in [0.3, 0.4) is 0 Å². The third-order valence-corrected chi connectivity index (χ3v) is 1.31. The Hall–Kier alpha value is -0.200. The monoisotopic (exact) mass is 206 g/mol. The zero-order chi connectivity index (χ0) is 9.98. The van der Waals surface area contributed by atoms with E-state index in [-0.39, 0.29) is 0 Å². The second-order valence-electron chi connectivity index (χ2n) is 1.44. The highest BCUT2D eigenvalue weighted by atomic mass is 35.5. The van der Waals surface area contributed by atoms with Gasteiger partial charge in [-0.2, -0.15) is 0 Å². The molecule has 0 nitrogen and oxygen atoms in total. The van der Waals surface area contributed by atoms with Crippen LogP contribution in [-0.2, 0) is 0 Å². The van der Waals surface area contributed by atoms with Gasteiger partial charge < -0.3 is 0 Å². The highest BCUT2D eigenvalue weighted by molar-refractivity contribution is 6.32. The molecule has 0 aliphatic rings. The normalized spacial score (nSPS) is 7.17. The maximum Gasteiger partial charge on any atom is 0.0407 e. The van der Waals surface area contributed by atoms with Gasteiger partial charge in [0.1, 0.15) is 0 Å². The number of halogens is 2. The van der Waals surface area contributed by atoms with Crippen LogP contribution in [0.4, 0.5) is 0 Å². The molecule has 0 amide bonds. The first-order chi connectivity index (χ1) is 5.79. The molecule has 1 rings (SSSR count). The van der Waals surface area contributed by atoms with Gasteiger partial charge >= 0.3 is 0 Å². The average molecular weight is 207 g/mol. The topological polar surface area (TPSA) is 0 Å². The van der Waals surface area contributed by atoms with Crippen molar-refractivity contribution in [2.24, 2.45) is 0 Å². The Morgan fingerprint density at radius 1 is 0.667 bits per heavy atom. The second-order valence-corrected chi connectivity index (χ2v) is 2.31. The van der Waals surface area contributed by atoms with Crippen molar-refractivity contribution in [3.05, 3.63) is 34.3 Å². The Kier molecular flexibility index (Phi) is 12.9. The summed E-state index contributed by atoms with van der Waals surface area (Å²) in [5.41, 5.74) is 0. The van der Waals surface area contributed by atoms with Crippen molar-refractivity contribution in [2.45, 2.75) is 27.7 Å². The largest absolute Gasteiger partial charge is 0.0843 e. The van der Waals surface area contributed by atoms with Crippen molar-refractivity contribution in [3.8, 4) is 0 Å². The van der Waals surface area contributed by atoms with Gasteiger partial charge in [-0.25, -0.2) is 0 Å². The fourth-order valence-corrected chi connectivity index (χ4v) is 0.682. The van der Waals surface area contributed by atoms with Crippen LogP contribution < -0.4 is 0 Å². The van der Waals surface area contributed by atoms with E-state index in [1.165, 1.54) is 0 Å². The van der Waals surface area contributed by atoms with Crippen LogP contribution >= 0.6 is 23.2 Å². The van der Waals surface area contributed by atoms with E-state index < -0.39 is 0 Å². The van der Waals surface area contributed by atoms with Gasteiger partial charge in [0, 0.05) is 10.0 Å². The van der Waals surface area contributed by atoms with E-state index in [1.807, 2.05) is 27.7 Å². The molecule has 0 N–H and O–H groups in total. The summed E-state index contributed by atoms with van der Waals surface area (Å²) in [5.74, 6) is 0. The second kappa shape index (κ2) is 10.8. The summed E-state index contributed by atoms with van der Waals surface area (Å²) in [7, 11) is 0. The van der Waals surface area contributed by atoms with E-state index in [4.69, 9.17) is 23.2 Å². The van der Waals surface area contributed by atoms with Crippen LogP contribution in [-0.4, -0.2) is 0 Å². The maximum atomic E-state index is 5.55. The smallest absolute Gasteiger partial charge is 0.0407 e. The standard InChI is InChI=1S/C6H4Cl2.2C2H6/c7-5-1-2-6(8)4-3-5;2*1-2/h1-4H;2*1-2H3. The van der Waals surface area contributed by atoms with Crippen LogP contribution in [0.15, 0.2) is 24.3 Å². The van der Waals surface area contributed by atoms with Gasteiger partial charge in [0.2, 0.25) is 0 Å². The zero-order valence-corrected chi connectivity index (χ0v) is 9.58. The minimum atomic E-state index is 0.717. The Balaban J connectivity index is 0. The average Bonchev–Trinajstić information content (AvgIpc) is 2.17. The third kappa shape index (κ3) is 7.90. The zero-order valence-electron chi connectivity index (χ0n) is 8.07. The molecule has 70 valence electrons. The molecule has 0 fully saturated rings. The molecule has 0 unspecified atom stereocenters. The molecule has 2 heteroatoms. The molecule has 0 saturated carbocycles. The van der Waals surface area contributed by atoms with Crippen molar-refractivity contribution in [3.63, 3.8) is 0 Å². The summed E-state index contributed by atoms with van der Waals surface area (Å²) in [6.07, 6.45) is 0. The molecule has 0 atom stereocenters. The summed E-state index contributed by atoms with van der Waals surface area (Å²) in [6.45, 7) is 8.00. The van der Waals surface area contributed by atoms with Gasteiger partial charge in [-0.1, -0.05) is 50.9 Å². The van der Waals surface area contributed by atoms with E-state index in [0.29, 0.717) is 0 Å². The summed E-state index contributed by atoms with van der Waals surface area (Å²) in [6, 6.07) is 7.02. The number of hydrogen-bond donors (Lipinski definition) is 0. The van der Waals surface area contributed by atoms with Crippen molar-refractivity contribution in [2.75, 3.05) is 0 Å². The molecule has 0 aliphatic carbocycles. The highest BCUT2D eigenvalue weighted by Gasteiger charge is 1.83. The van der Waals surface area contributed by atoms with Gasteiger partial charge in [0.05, 0.1) is 0 Å². The van der Waals surface area contributed by atoms with Crippen molar-refractivity contribution < 1.29 is 0 Å².